The molecular formula is C16H15N3O4S. The molecular weight excluding hydrogens is 330 g/mol. The zero-order valence-electron chi connectivity index (χ0n) is 13.0. The van der Waals surface area contributed by atoms with Gasteiger partial charge in [-0.05, 0) is 37.3 Å². The third kappa shape index (κ3) is 3.85. The molecule has 0 atom stereocenters. The molecule has 7 nitrogen and oxygen atoms in total. The van der Waals surface area contributed by atoms with E-state index in [1.54, 1.807) is 24.3 Å². The van der Waals surface area contributed by atoms with Crippen molar-refractivity contribution < 1.29 is 14.5 Å². The van der Waals surface area contributed by atoms with Crippen LogP contribution in [0, 0.1) is 17.0 Å². The van der Waals surface area contributed by atoms with Crippen LogP contribution in [0.1, 0.15) is 15.9 Å². The van der Waals surface area contributed by atoms with Crippen molar-refractivity contribution in [1.29, 1.82) is 0 Å². The summed E-state index contributed by atoms with van der Waals surface area (Å²) in [5, 5.41) is 16.4. The Morgan fingerprint density at radius 1 is 1.21 bits per heavy atom. The number of hydrogen-bond donors (Lipinski definition) is 2. The number of anilines is 1. The minimum absolute atomic E-state index is 0.0652. The summed E-state index contributed by atoms with van der Waals surface area (Å²) in [6.45, 7) is 1.52. The molecule has 0 spiro atoms. The van der Waals surface area contributed by atoms with Crippen molar-refractivity contribution in [2.75, 3.05) is 12.4 Å². The van der Waals surface area contributed by atoms with Gasteiger partial charge in [-0.2, -0.15) is 0 Å². The van der Waals surface area contributed by atoms with Gasteiger partial charge in [0.2, 0.25) is 0 Å². The standard InChI is InChI=1S/C16H15N3O4S/c1-10-11(6-5-8-13(10)19(21)22)15(20)18-16(24)17-12-7-3-4-9-14(12)23-2/h3-9H,1-2H3,(H2,17,18,20,24). The second-order valence-electron chi connectivity index (χ2n) is 4.82. The van der Waals surface area contributed by atoms with Gasteiger partial charge in [0.05, 0.1) is 17.7 Å². The lowest BCUT2D eigenvalue weighted by Gasteiger charge is -2.13. The molecule has 0 saturated carbocycles. The van der Waals surface area contributed by atoms with Crippen LogP contribution in [0.3, 0.4) is 0 Å². The highest BCUT2D eigenvalue weighted by Gasteiger charge is 2.18. The molecule has 8 heteroatoms. The summed E-state index contributed by atoms with van der Waals surface area (Å²) in [4.78, 5) is 22.7. The third-order valence-electron chi connectivity index (χ3n) is 3.33. The number of nitrogens with one attached hydrogen (secondary N) is 2. The zero-order valence-corrected chi connectivity index (χ0v) is 13.8. The van der Waals surface area contributed by atoms with Crippen LogP contribution in [-0.4, -0.2) is 23.1 Å². The summed E-state index contributed by atoms with van der Waals surface area (Å²) in [5.41, 5.74) is 0.945. The van der Waals surface area contributed by atoms with Gasteiger partial charge < -0.3 is 10.1 Å². The van der Waals surface area contributed by atoms with Gasteiger partial charge in [-0.3, -0.25) is 20.2 Å². The fraction of sp³-hybridized carbons (Fsp3) is 0.125. The minimum Gasteiger partial charge on any atom is -0.495 e. The van der Waals surface area contributed by atoms with Crippen molar-refractivity contribution in [3.8, 4) is 5.75 Å². The number of nitro groups is 1. The summed E-state index contributed by atoms with van der Waals surface area (Å²) in [7, 11) is 1.52. The molecule has 1 amide bonds. The van der Waals surface area contributed by atoms with Crippen LogP contribution < -0.4 is 15.4 Å². The Labute approximate surface area is 143 Å². The zero-order chi connectivity index (χ0) is 17.7. The molecule has 0 fully saturated rings. The van der Waals surface area contributed by atoms with Crippen molar-refractivity contribution in [3.63, 3.8) is 0 Å². The Morgan fingerprint density at radius 3 is 2.58 bits per heavy atom. The average Bonchev–Trinajstić information content (AvgIpc) is 2.55. The predicted octanol–water partition coefficient (Wildman–Crippen LogP) is 3.04. The van der Waals surface area contributed by atoms with Crippen molar-refractivity contribution in [1.82, 2.24) is 5.32 Å². The van der Waals surface area contributed by atoms with Crippen LogP contribution >= 0.6 is 12.2 Å². The minimum atomic E-state index is -0.530. The predicted molar refractivity (Wildman–Crippen MR) is 94.5 cm³/mol. The molecule has 0 heterocycles. The molecule has 0 aliphatic carbocycles. The first-order valence-corrected chi connectivity index (χ1v) is 7.34. The first kappa shape index (κ1) is 17.4. The van der Waals surface area contributed by atoms with E-state index in [1.165, 1.54) is 32.2 Å². The van der Waals surface area contributed by atoms with E-state index in [1.807, 2.05) is 0 Å². The van der Waals surface area contributed by atoms with E-state index in [2.05, 4.69) is 10.6 Å². The van der Waals surface area contributed by atoms with E-state index in [9.17, 15) is 14.9 Å². The van der Waals surface area contributed by atoms with Gasteiger partial charge in [0.15, 0.2) is 5.11 Å². The molecule has 0 aliphatic rings. The molecule has 0 unspecified atom stereocenters. The second-order valence-corrected chi connectivity index (χ2v) is 5.22. The van der Waals surface area contributed by atoms with Crippen molar-refractivity contribution in [3.05, 3.63) is 63.7 Å². The molecule has 2 aromatic rings. The molecule has 124 valence electrons. The van der Waals surface area contributed by atoms with E-state index in [0.717, 1.165) is 0 Å². The smallest absolute Gasteiger partial charge is 0.273 e. The lowest BCUT2D eigenvalue weighted by atomic mass is 10.1. The molecule has 2 N–H and O–H groups in total. The van der Waals surface area contributed by atoms with Crippen molar-refractivity contribution in [2.45, 2.75) is 6.92 Å². The summed E-state index contributed by atoms with van der Waals surface area (Å²) in [5.74, 6) is 0.0456. The van der Waals surface area contributed by atoms with Crippen molar-refractivity contribution in [2.24, 2.45) is 0 Å². The third-order valence-corrected chi connectivity index (χ3v) is 3.53. The number of amides is 1. The van der Waals surface area contributed by atoms with E-state index in [0.29, 0.717) is 11.4 Å². The van der Waals surface area contributed by atoms with E-state index in [4.69, 9.17) is 17.0 Å². The number of carbonyl (C=O) groups is 1. The summed E-state index contributed by atoms with van der Waals surface area (Å²) >= 11 is 5.11. The number of rotatable bonds is 4. The Balaban J connectivity index is 2.14. The van der Waals surface area contributed by atoms with Crippen LogP contribution in [0.15, 0.2) is 42.5 Å². The van der Waals surface area contributed by atoms with Gasteiger partial charge in [-0.1, -0.05) is 18.2 Å². The molecule has 24 heavy (non-hydrogen) atoms. The molecule has 0 aliphatic heterocycles. The maximum Gasteiger partial charge on any atom is 0.273 e. The maximum atomic E-state index is 12.3. The van der Waals surface area contributed by atoms with Crippen LogP contribution in [0.4, 0.5) is 11.4 Å². The quantitative estimate of drug-likeness (QED) is 0.502. The second kappa shape index (κ2) is 7.51. The molecule has 2 aromatic carbocycles. The van der Waals surface area contributed by atoms with Crippen LogP contribution in [0.2, 0.25) is 0 Å². The molecule has 0 aromatic heterocycles. The lowest BCUT2D eigenvalue weighted by Crippen LogP contribution is -2.34. The number of ether oxygens (including phenoxy) is 1. The Morgan fingerprint density at radius 2 is 1.92 bits per heavy atom. The number of methoxy groups -OCH3 is 1. The van der Waals surface area contributed by atoms with Crippen LogP contribution in [0.25, 0.3) is 0 Å². The topological polar surface area (TPSA) is 93.5 Å². The molecule has 0 bridgehead atoms. The van der Waals surface area contributed by atoms with Crippen molar-refractivity contribution >= 4 is 34.6 Å². The number of nitro benzene ring substituents is 1. The first-order valence-electron chi connectivity index (χ1n) is 6.93. The van der Waals surface area contributed by atoms with E-state index >= 15 is 0 Å². The van der Waals surface area contributed by atoms with Gasteiger partial charge >= 0.3 is 0 Å². The molecule has 2 rings (SSSR count). The lowest BCUT2D eigenvalue weighted by molar-refractivity contribution is -0.385. The highest BCUT2D eigenvalue weighted by atomic mass is 32.1. The van der Waals surface area contributed by atoms with Gasteiger partial charge in [-0.15, -0.1) is 0 Å². The Kier molecular flexibility index (Phi) is 5.43. The van der Waals surface area contributed by atoms with Gasteiger partial charge in [-0.25, -0.2) is 0 Å². The van der Waals surface area contributed by atoms with E-state index in [-0.39, 0.29) is 21.9 Å². The van der Waals surface area contributed by atoms with E-state index < -0.39 is 10.8 Å². The number of hydrogen-bond acceptors (Lipinski definition) is 5. The summed E-state index contributed by atoms with van der Waals surface area (Å²) in [6.07, 6.45) is 0. The highest BCUT2D eigenvalue weighted by Crippen LogP contribution is 2.23. The molecule has 0 saturated heterocycles. The number of para-hydroxylation sites is 2. The fourth-order valence-corrected chi connectivity index (χ4v) is 2.34. The normalized spacial score (nSPS) is 9.92. The van der Waals surface area contributed by atoms with Gasteiger partial charge in [0, 0.05) is 17.2 Å². The fourth-order valence-electron chi connectivity index (χ4n) is 2.14. The summed E-state index contributed by atoms with van der Waals surface area (Å²) < 4.78 is 5.19. The largest absolute Gasteiger partial charge is 0.495 e. The monoisotopic (exact) mass is 345 g/mol. The number of thiocarbonyl (C=S) groups is 1. The Bertz CT molecular complexity index is 808. The maximum absolute atomic E-state index is 12.3. The molecule has 0 radical (unpaired) electrons. The number of nitrogens with zero attached hydrogens (tertiary/aromatic N) is 1. The summed E-state index contributed by atoms with van der Waals surface area (Å²) in [6, 6.07) is 11.4. The Hall–Kier alpha value is -3.00. The van der Waals surface area contributed by atoms with Gasteiger partial charge in [0.1, 0.15) is 5.75 Å². The SMILES string of the molecule is COc1ccccc1NC(=S)NC(=O)c1cccc([N+](=O)[O-])c1C. The number of benzene rings is 2. The van der Waals surface area contributed by atoms with Crippen LogP contribution in [0.5, 0.6) is 5.75 Å². The van der Waals surface area contributed by atoms with Gasteiger partial charge in [0.25, 0.3) is 11.6 Å². The first-order chi connectivity index (χ1) is 11.4. The number of carbonyl (C=O) groups excluding carboxylic acids is 1. The highest BCUT2D eigenvalue weighted by molar-refractivity contribution is 7.80. The van der Waals surface area contributed by atoms with Crippen LogP contribution in [-0.2, 0) is 0 Å². The average molecular weight is 345 g/mol.